The molecule has 1 aliphatic rings. The molecule has 1 rings (SSSR count). The van der Waals surface area contributed by atoms with Crippen LogP contribution in [0.25, 0.3) is 0 Å². The molecule has 2 amide bonds. The first kappa shape index (κ1) is 25.3. The molecule has 0 aromatic carbocycles. The molecule has 168 valence electrons. The van der Waals surface area contributed by atoms with Gasteiger partial charge in [-0.15, -0.1) is 0 Å². The van der Waals surface area contributed by atoms with Crippen molar-refractivity contribution in [1.82, 2.24) is 4.90 Å². The number of imide groups is 1. The first-order valence-electron chi connectivity index (χ1n) is 8.50. The molecule has 3 N–H and O–H groups in total. The number of rotatable bonds is 4. The second-order valence-electron chi connectivity index (χ2n) is 8.65. The van der Waals surface area contributed by atoms with Gasteiger partial charge in [-0.25, -0.2) is 18.8 Å². The molecule has 0 aliphatic heterocycles. The zero-order valence-electron chi connectivity index (χ0n) is 17.3. The van der Waals surface area contributed by atoms with Crippen molar-refractivity contribution in [3.05, 3.63) is 0 Å². The lowest BCUT2D eigenvalue weighted by Gasteiger charge is -2.34. The molecule has 0 saturated heterocycles. The average molecular weight is 443 g/mol. The molecule has 0 aromatic rings. The second-order valence-corrected chi connectivity index (χ2v) is 10.3. The fraction of sp³-hybridized carbons (Fsp3) is 0.812. The summed E-state index contributed by atoms with van der Waals surface area (Å²) in [6.45, 7) is 8.60. The van der Waals surface area contributed by atoms with Crippen LogP contribution in [0, 0.1) is 0 Å². The summed E-state index contributed by atoms with van der Waals surface area (Å²) in [6.07, 6.45) is -4.17. The molecule has 1 aliphatic carbocycles. The molecule has 0 bridgehead atoms. The fourth-order valence-corrected chi connectivity index (χ4v) is 3.51. The molecule has 11 nitrogen and oxygen atoms in total. The number of alkyl halides is 1. The highest BCUT2D eigenvalue weighted by molar-refractivity contribution is 7.52. The van der Waals surface area contributed by atoms with Crippen molar-refractivity contribution in [3.8, 4) is 0 Å². The van der Waals surface area contributed by atoms with Crippen LogP contribution in [0.5, 0.6) is 0 Å². The van der Waals surface area contributed by atoms with Crippen LogP contribution in [-0.2, 0) is 23.6 Å². The summed E-state index contributed by atoms with van der Waals surface area (Å²) in [4.78, 5) is 56.2. The molecule has 1 saturated carbocycles. The largest absolute Gasteiger partial charge is 0.467 e. The Morgan fingerprint density at radius 3 is 1.69 bits per heavy atom. The highest BCUT2D eigenvalue weighted by Gasteiger charge is 2.86. The van der Waals surface area contributed by atoms with E-state index in [1.54, 1.807) is 0 Å². The first-order valence-corrected chi connectivity index (χ1v) is 10.2. The van der Waals surface area contributed by atoms with Crippen LogP contribution in [0.15, 0.2) is 0 Å². The third kappa shape index (κ3) is 5.06. The van der Waals surface area contributed by atoms with E-state index in [1.165, 1.54) is 41.5 Å². The molecular weight excluding hydrogens is 416 g/mol. The van der Waals surface area contributed by atoms with Gasteiger partial charge >= 0.3 is 25.8 Å². The van der Waals surface area contributed by atoms with Gasteiger partial charge in [0.15, 0.2) is 17.1 Å². The van der Waals surface area contributed by atoms with Crippen LogP contribution in [0.4, 0.5) is 14.0 Å². The standard InChI is InChI=1S/C16H27FNO10P/c1-13(2,3)27-11(21)18(12(22)28-14(4,5)6)16(9(19)26-7)8-15(16,17)10(20)29(23,24)25/h10,20H,8H2,1-7H3,(H2,23,24,25)/t10?,15-,16?/m1/s1. The minimum Gasteiger partial charge on any atom is -0.467 e. The summed E-state index contributed by atoms with van der Waals surface area (Å²) < 4.78 is 41.5. The van der Waals surface area contributed by atoms with Crippen molar-refractivity contribution in [2.45, 2.75) is 76.2 Å². The molecule has 3 atom stereocenters. The predicted molar refractivity (Wildman–Crippen MR) is 95.6 cm³/mol. The van der Waals surface area contributed by atoms with E-state index in [4.69, 9.17) is 9.47 Å². The van der Waals surface area contributed by atoms with Crippen molar-refractivity contribution in [1.29, 1.82) is 0 Å². The maximum atomic E-state index is 15.5. The van der Waals surface area contributed by atoms with Crippen LogP contribution in [0.1, 0.15) is 48.0 Å². The van der Waals surface area contributed by atoms with Crippen LogP contribution in [0.2, 0.25) is 0 Å². The predicted octanol–water partition coefficient (Wildman–Crippen LogP) is 1.68. The minimum absolute atomic E-state index is 0.0335. The van der Waals surface area contributed by atoms with Gasteiger partial charge in [0.2, 0.25) is 0 Å². The number of ether oxygens (including phenoxy) is 3. The summed E-state index contributed by atoms with van der Waals surface area (Å²) >= 11 is 0. The zero-order chi connectivity index (χ0) is 23.2. The van der Waals surface area contributed by atoms with Crippen molar-refractivity contribution in [2.24, 2.45) is 0 Å². The minimum atomic E-state index is -5.49. The summed E-state index contributed by atoms with van der Waals surface area (Å²) in [5, 5.41) is 9.87. The van der Waals surface area contributed by atoms with Crippen molar-refractivity contribution >= 4 is 25.8 Å². The number of carbonyl (C=O) groups excluding carboxylic acids is 3. The Morgan fingerprint density at radius 2 is 1.41 bits per heavy atom. The van der Waals surface area contributed by atoms with Crippen molar-refractivity contribution < 1.29 is 52.4 Å². The molecule has 0 spiro atoms. The van der Waals surface area contributed by atoms with Gasteiger partial charge in [0.05, 0.1) is 7.11 Å². The lowest BCUT2D eigenvalue weighted by molar-refractivity contribution is -0.151. The van der Waals surface area contributed by atoms with E-state index in [9.17, 15) is 33.8 Å². The van der Waals surface area contributed by atoms with Gasteiger partial charge in [0.25, 0.3) is 0 Å². The van der Waals surface area contributed by atoms with Crippen LogP contribution >= 0.6 is 7.60 Å². The average Bonchev–Trinajstić information content (AvgIpc) is 3.08. The normalized spacial score (nSPS) is 25.6. The Morgan fingerprint density at radius 1 is 1.03 bits per heavy atom. The number of esters is 1. The van der Waals surface area contributed by atoms with Gasteiger partial charge < -0.3 is 29.1 Å². The molecule has 13 heteroatoms. The number of carbonyl (C=O) groups is 3. The molecule has 0 heterocycles. The fourth-order valence-electron chi connectivity index (χ4n) is 2.67. The summed E-state index contributed by atoms with van der Waals surface area (Å²) in [6, 6.07) is 0. The number of methoxy groups -OCH3 is 1. The van der Waals surface area contributed by atoms with E-state index in [0.29, 0.717) is 0 Å². The molecule has 29 heavy (non-hydrogen) atoms. The lowest BCUT2D eigenvalue weighted by atomic mass is 10.1. The third-order valence-electron chi connectivity index (χ3n) is 3.86. The molecule has 2 unspecified atom stereocenters. The van der Waals surface area contributed by atoms with Gasteiger partial charge in [-0.1, -0.05) is 0 Å². The van der Waals surface area contributed by atoms with Gasteiger partial charge in [-0.2, -0.15) is 4.90 Å². The summed E-state index contributed by atoms with van der Waals surface area (Å²) in [5.41, 5.74) is -8.67. The Hall–Kier alpha value is -1.75. The van der Waals surface area contributed by atoms with E-state index in [-0.39, 0.29) is 4.90 Å². The summed E-state index contributed by atoms with van der Waals surface area (Å²) in [7, 11) is -4.67. The van der Waals surface area contributed by atoms with Gasteiger partial charge in [-0.3, -0.25) is 4.57 Å². The highest BCUT2D eigenvalue weighted by Crippen LogP contribution is 2.65. The van der Waals surface area contributed by atoms with E-state index < -0.39 is 60.4 Å². The quantitative estimate of drug-likeness (QED) is 0.331. The van der Waals surface area contributed by atoms with Gasteiger partial charge in [-0.05, 0) is 41.5 Å². The van der Waals surface area contributed by atoms with Crippen LogP contribution in [-0.4, -0.2) is 73.3 Å². The summed E-state index contributed by atoms with van der Waals surface area (Å²) in [5.74, 6) is -4.54. The monoisotopic (exact) mass is 443 g/mol. The topological polar surface area (TPSA) is 160 Å². The second kappa shape index (κ2) is 7.50. The number of halogens is 1. The molecular formula is C16H27FNO10P. The number of hydrogen-bond donors (Lipinski definition) is 3. The number of amides is 2. The highest BCUT2D eigenvalue weighted by atomic mass is 31.2. The Labute approximate surface area is 167 Å². The number of aliphatic hydroxyl groups is 1. The van der Waals surface area contributed by atoms with E-state index in [2.05, 4.69) is 4.74 Å². The van der Waals surface area contributed by atoms with Crippen LogP contribution < -0.4 is 0 Å². The van der Waals surface area contributed by atoms with E-state index in [1.807, 2.05) is 0 Å². The maximum Gasteiger partial charge on any atom is 0.420 e. The van der Waals surface area contributed by atoms with E-state index in [0.717, 1.165) is 7.11 Å². The van der Waals surface area contributed by atoms with Gasteiger partial charge in [0.1, 0.15) is 11.2 Å². The molecule has 0 radical (unpaired) electrons. The third-order valence-corrected chi connectivity index (χ3v) is 4.91. The number of nitrogens with zero attached hydrogens (tertiary/aromatic N) is 1. The van der Waals surface area contributed by atoms with E-state index >= 15 is 4.39 Å². The van der Waals surface area contributed by atoms with Gasteiger partial charge in [0, 0.05) is 6.42 Å². The Balaban J connectivity index is 3.60. The number of hydrogen-bond acceptors (Lipinski definition) is 8. The maximum absolute atomic E-state index is 15.5. The molecule has 1 fully saturated rings. The first-order chi connectivity index (χ1) is 12.7. The smallest absolute Gasteiger partial charge is 0.420 e. The number of aliphatic hydroxyl groups excluding tert-OH is 1. The van der Waals surface area contributed by atoms with Crippen molar-refractivity contribution in [3.63, 3.8) is 0 Å². The Kier molecular flexibility index (Phi) is 6.54. The zero-order valence-corrected chi connectivity index (χ0v) is 18.2. The molecule has 0 aromatic heterocycles. The van der Waals surface area contributed by atoms with Crippen LogP contribution in [0.3, 0.4) is 0 Å². The lowest BCUT2D eigenvalue weighted by Crippen LogP contribution is -2.58. The van der Waals surface area contributed by atoms with Crippen molar-refractivity contribution in [2.75, 3.05) is 7.11 Å². The Bertz CT molecular complexity index is 711. The SMILES string of the molecule is COC(=O)C1(N(C(=O)OC(C)(C)C)C(=O)OC(C)(C)C)C[C@@]1(F)C(O)P(=O)(O)O.